The van der Waals surface area contributed by atoms with Gasteiger partial charge in [-0.1, -0.05) is 82.8 Å². The third kappa shape index (κ3) is 7.58. The minimum Gasteiger partial charge on any atom is -0.484 e. The molecular formula is C29H30BrClN2O3. The Hall–Kier alpha value is -2.83. The summed E-state index contributed by atoms with van der Waals surface area (Å²) in [6.07, 6.45) is 4.59. The summed E-state index contributed by atoms with van der Waals surface area (Å²) in [5.74, 6) is 0.208. The Bertz CT molecular complexity index is 1130. The van der Waals surface area contributed by atoms with E-state index in [0.29, 0.717) is 17.2 Å². The molecule has 0 spiro atoms. The lowest BCUT2D eigenvalue weighted by atomic mass is 10.0. The summed E-state index contributed by atoms with van der Waals surface area (Å²) in [6, 6.07) is 24.0. The zero-order valence-corrected chi connectivity index (χ0v) is 22.4. The average Bonchev–Trinajstić information content (AvgIpc) is 3.40. The van der Waals surface area contributed by atoms with E-state index in [1.165, 1.54) is 0 Å². The number of hydrogen-bond acceptors (Lipinski definition) is 3. The average molecular weight is 570 g/mol. The van der Waals surface area contributed by atoms with Crippen molar-refractivity contribution in [1.29, 1.82) is 0 Å². The predicted molar refractivity (Wildman–Crippen MR) is 146 cm³/mol. The second kappa shape index (κ2) is 12.9. The smallest absolute Gasteiger partial charge is 0.261 e. The van der Waals surface area contributed by atoms with Gasteiger partial charge in [0.25, 0.3) is 5.91 Å². The minimum atomic E-state index is -0.676. The molecule has 36 heavy (non-hydrogen) atoms. The van der Waals surface area contributed by atoms with Crippen LogP contribution in [0, 0.1) is 0 Å². The Morgan fingerprint density at radius 1 is 0.944 bits per heavy atom. The molecule has 3 aromatic carbocycles. The number of rotatable bonds is 10. The zero-order valence-electron chi connectivity index (χ0n) is 20.0. The molecule has 4 rings (SSSR count). The number of halogens is 2. The Morgan fingerprint density at radius 2 is 1.61 bits per heavy atom. The van der Waals surface area contributed by atoms with Crippen LogP contribution in [-0.2, 0) is 22.6 Å². The predicted octanol–water partition coefficient (Wildman–Crippen LogP) is 6.18. The van der Waals surface area contributed by atoms with Gasteiger partial charge in [0.15, 0.2) is 6.61 Å². The van der Waals surface area contributed by atoms with Crippen LogP contribution in [0.15, 0.2) is 83.3 Å². The molecule has 0 saturated heterocycles. The molecule has 1 aliphatic rings. The highest BCUT2D eigenvalue weighted by Crippen LogP contribution is 2.21. The Labute approximate surface area is 225 Å². The normalized spacial score (nSPS) is 14.3. The second-order valence-corrected chi connectivity index (χ2v) is 10.4. The summed E-state index contributed by atoms with van der Waals surface area (Å²) in [7, 11) is 0. The highest BCUT2D eigenvalue weighted by molar-refractivity contribution is 9.10. The fourth-order valence-corrected chi connectivity index (χ4v) is 4.86. The van der Waals surface area contributed by atoms with E-state index in [0.717, 1.165) is 41.3 Å². The molecule has 1 unspecified atom stereocenters. The van der Waals surface area contributed by atoms with Gasteiger partial charge in [-0.25, -0.2) is 0 Å². The van der Waals surface area contributed by atoms with Crippen molar-refractivity contribution < 1.29 is 14.3 Å². The Morgan fingerprint density at radius 3 is 2.28 bits per heavy atom. The molecular weight excluding hydrogens is 540 g/mol. The lowest BCUT2D eigenvalue weighted by Gasteiger charge is -2.32. The van der Waals surface area contributed by atoms with Crippen LogP contribution in [0.5, 0.6) is 5.75 Å². The van der Waals surface area contributed by atoms with Gasteiger partial charge in [-0.2, -0.15) is 0 Å². The van der Waals surface area contributed by atoms with Crippen molar-refractivity contribution in [3.63, 3.8) is 0 Å². The molecule has 1 saturated carbocycles. The van der Waals surface area contributed by atoms with Gasteiger partial charge in [0.1, 0.15) is 11.8 Å². The number of hydrogen-bond donors (Lipinski definition) is 1. The van der Waals surface area contributed by atoms with E-state index in [1.54, 1.807) is 29.2 Å². The lowest BCUT2D eigenvalue weighted by molar-refractivity contribution is -0.143. The highest BCUT2D eigenvalue weighted by atomic mass is 79.9. The van der Waals surface area contributed by atoms with Crippen LogP contribution in [0.25, 0.3) is 0 Å². The number of carbonyl (C=O) groups is 2. The van der Waals surface area contributed by atoms with E-state index in [1.807, 2.05) is 54.6 Å². The summed E-state index contributed by atoms with van der Waals surface area (Å²) in [5.41, 5.74) is 1.88. The molecule has 0 aromatic heterocycles. The van der Waals surface area contributed by atoms with Gasteiger partial charge >= 0.3 is 0 Å². The van der Waals surface area contributed by atoms with E-state index >= 15 is 0 Å². The topological polar surface area (TPSA) is 58.6 Å². The standard InChI is InChI=1S/C29H30BrClN2O3/c30-23-12-16-26(17-13-23)36-20-28(34)33(19-22-10-14-24(31)15-11-22)27(18-21-6-2-1-3-7-21)29(35)32-25-8-4-5-9-25/h1-3,6-7,10-17,25,27H,4-5,8-9,18-20H2,(H,32,35). The number of nitrogens with one attached hydrogen (secondary N) is 1. The van der Waals surface area contributed by atoms with Gasteiger partial charge in [-0.15, -0.1) is 0 Å². The molecule has 0 aliphatic heterocycles. The monoisotopic (exact) mass is 568 g/mol. The largest absolute Gasteiger partial charge is 0.484 e. The molecule has 7 heteroatoms. The van der Waals surface area contributed by atoms with E-state index in [4.69, 9.17) is 16.3 Å². The molecule has 0 bridgehead atoms. The molecule has 3 aromatic rings. The van der Waals surface area contributed by atoms with Crippen molar-refractivity contribution in [3.05, 3.63) is 99.5 Å². The summed E-state index contributed by atoms with van der Waals surface area (Å²) in [6.45, 7) is 0.104. The maximum atomic E-state index is 13.6. The number of benzene rings is 3. The summed E-state index contributed by atoms with van der Waals surface area (Å²) in [4.78, 5) is 28.9. The second-order valence-electron chi connectivity index (χ2n) is 9.09. The molecule has 0 radical (unpaired) electrons. The van der Waals surface area contributed by atoms with Crippen LogP contribution < -0.4 is 10.1 Å². The van der Waals surface area contributed by atoms with Crippen LogP contribution in [-0.4, -0.2) is 35.4 Å². The quantitative estimate of drug-likeness (QED) is 0.317. The van der Waals surface area contributed by atoms with Gasteiger partial charge < -0.3 is 15.0 Å². The first-order valence-corrected chi connectivity index (χ1v) is 13.4. The molecule has 188 valence electrons. The third-order valence-corrected chi connectivity index (χ3v) is 7.20. The molecule has 5 nitrogen and oxygen atoms in total. The van der Waals surface area contributed by atoms with E-state index in [-0.39, 0.29) is 31.0 Å². The molecule has 1 fully saturated rings. The Kier molecular flexibility index (Phi) is 9.42. The van der Waals surface area contributed by atoms with Gasteiger partial charge in [-0.05, 0) is 60.4 Å². The van der Waals surface area contributed by atoms with Crippen LogP contribution in [0.4, 0.5) is 0 Å². The zero-order chi connectivity index (χ0) is 25.3. The number of ether oxygens (including phenoxy) is 1. The van der Waals surface area contributed by atoms with Crippen molar-refractivity contribution in [3.8, 4) is 5.75 Å². The Balaban J connectivity index is 1.59. The fourth-order valence-electron chi connectivity index (χ4n) is 4.47. The maximum absolute atomic E-state index is 13.6. The van der Waals surface area contributed by atoms with Crippen molar-refractivity contribution >= 4 is 39.3 Å². The van der Waals surface area contributed by atoms with Crippen LogP contribution in [0.3, 0.4) is 0 Å². The van der Waals surface area contributed by atoms with Gasteiger partial charge in [0.2, 0.25) is 5.91 Å². The van der Waals surface area contributed by atoms with Gasteiger partial charge in [0.05, 0.1) is 0 Å². The summed E-state index contributed by atoms with van der Waals surface area (Å²) < 4.78 is 6.74. The van der Waals surface area contributed by atoms with E-state index < -0.39 is 6.04 Å². The molecule has 1 atom stereocenters. The van der Waals surface area contributed by atoms with E-state index in [9.17, 15) is 9.59 Å². The van der Waals surface area contributed by atoms with Crippen molar-refractivity contribution in [2.75, 3.05) is 6.61 Å². The van der Waals surface area contributed by atoms with Crippen molar-refractivity contribution in [2.24, 2.45) is 0 Å². The first kappa shape index (κ1) is 26.2. The number of carbonyl (C=O) groups excluding carboxylic acids is 2. The lowest BCUT2D eigenvalue weighted by Crippen LogP contribution is -2.53. The molecule has 1 N–H and O–H groups in total. The van der Waals surface area contributed by atoms with Crippen LogP contribution in [0.2, 0.25) is 5.02 Å². The fraction of sp³-hybridized carbons (Fsp3) is 0.310. The van der Waals surface area contributed by atoms with Crippen LogP contribution >= 0.6 is 27.5 Å². The van der Waals surface area contributed by atoms with Crippen molar-refractivity contribution in [2.45, 2.75) is 50.7 Å². The maximum Gasteiger partial charge on any atom is 0.261 e. The first-order valence-electron chi connectivity index (χ1n) is 12.2. The highest BCUT2D eigenvalue weighted by Gasteiger charge is 2.32. The SMILES string of the molecule is O=C(NC1CCCC1)C(Cc1ccccc1)N(Cc1ccc(Cl)cc1)C(=O)COc1ccc(Br)cc1. The van der Waals surface area contributed by atoms with Gasteiger partial charge in [0, 0.05) is 28.5 Å². The minimum absolute atomic E-state index is 0.128. The summed E-state index contributed by atoms with van der Waals surface area (Å²) >= 11 is 9.50. The third-order valence-electron chi connectivity index (χ3n) is 6.41. The number of amides is 2. The molecule has 2 amide bonds. The molecule has 1 aliphatic carbocycles. The van der Waals surface area contributed by atoms with Crippen LogP contribution in [0.1, 0.15) is 36.8 Å². The summed E-state index contributed by atoms with van der Waals surface area (Å²) in [5, 5.41) is 3.83. The van der Waals surface area contributed by atoms with Gasteiger partial charge in [-0.3, -0.25) is 9.59 Å². The van der Waals surface area contributed by atoms with E-state index in [2.05, 4.69) is 21.2 Å². The molecule has 0 heterocycles. The first-order chi connectivity index (χ1) is 17.5. The number of nitrogens with zero attached hydrogens (tertiary/aromatic N) is 1. The van der Waals surface area contributed by atoms with Crippen molar-refractivity contribution in [1.82, 2.24) is 10.2 Å².